The topological polar surface area (TPSA) is 138 Å². The Bertz CT molecular complexity index is 1190. The third-order valence-corrected chi connectivity index (χ3v) is 9.45. The molecular formula is C34H51NO10. The van der Waals surface area contributed by atoms with Crippen molar-refractivity contribution in [2.45, 2.75) is 129 Å². The third-order valence-electron chi connectivity index (χ3n) is 9.45. The lowest BCUT2D eigenvalue weighted by Crippen LogP contribution is -2.60. The summed E-state index contributed by atoms with van der Waals surface area (Å²) in [6.07, 6.45) is 4.20. The van der Waals surface area contributed by atoms with Gasteiger partial charge >= 0.3 is 11.9 Å². The summed E-state index contributed by atoms with van der Waals surface area (Å²) in [6, 6.07) is -0.299. The van der Waals surface area contributed by atoms with Gasteiger partial charge in [0.1, 0.15) is 17.6 Å². The summed E-state index contributed by atoms with van der Waals surface area (Å²) >= 11 is 0. The lowest BCUT2D eigenvalue weighted by atomic mass is 9.78. The fraction of sp³-hybridized carbons (Fsp3) is 0.765. The molecule has 0 aromatic carbocycles. The number of allylic oxidation sites excluding steroid dienone is 1. The molecule has 0 spiro atoms. The van der Waals surface area contributed by atoms with Gasteiger partial charge in [-0.1, -0.05) is 13.8 Å². The van der Waals surface area contributed by atoms with E-state index in [9.17, 15) is 24.3 Å². The van der Waals surface area contributed by atoms with E-state index in [0.29, 0.717) is 25.0 Å². The number of carbonyl (C=O) groups is 4. The molecule has 11 atom stereocenters. The minimum absolute atomic E-state index is 0.0678. The number of fused-ring (bicyclic) bond motifs is 2. The van der Waals surface area contributed by atoms with Crippen LogP contribution in [0.1, 0.15) is 81.1 Å². The summed E-state index contributed by atoms with van der Waals surface area (Å²) in [4.78, 5) is 55.2. The monoisotopic (exact) mass is 633 g/mol. The molecule has 2 bridgehead atoms. The normalized spacial score (nSPS) is 41.1. The minimum atomic E-state index is -1.64. The highest BCUT2D eigenvalue weighted by Gasteiger charge is 2.53. The standard InChI is InChI=1S/C34H51NO10/c1-11-13-14-35(10)25-15-20(4)42-32(29(25)43-23(7)36)45-30-21(5)28(38)22(6)31(39)44-26(12-2)33(8,40)16-19(3)27(37)24-17-34(30,9)41-18-24/h1,16,20-22,24-26,29-30,32,40H,12-15,17-18H2,2-10H3/b19-16+/t20-,21+,22-,24+,25+,26-,29-,30-,32+,33+,34-/m1/s1. The number of ether oxygens (including phenoxy) is 5. The number of carbonyl (C=O) groups excluding carboxylic acids is 4. The van der Waals surface area contributed by atoms with E-state index < -0.39 is 71.3 Å². The largest absolute Gasteiger partial charge is 0.458 e. The van der Waals surface area contributed by atoms with Crippen LogP contribution in [0.15, 0.2) is 11.6 Å². The molecule has 0 amide bonds. The van der Waals surface area contributed by atoms with Gasteiger partial charge in [0, 0.05) is 31.7 Å². The van der Waals surface area contributed by atoms with Gasteiger partial charge in [-0.3, -0.25) is 24.1 Å². The molecule has 2 saturated heterocycles. The molecule has 252 valence electrons. The Morgan fingerprint density at radius 1 is 1.22 bits per heavy atom. The van der Waals surface area contributed by atoms with Crippen molar-refractivity contribution in [2.24, 2.45) is 17.8 Å². The highest BCUT2D eigenvalue weighted by atomic mass is 16.7. The summed E-state index contributed by atoms with van der Waals surface area (Å²) in [5.74, 6) is -2.06. The minimum Gasteiger partial charge on any atom is -0.458 e. The maximum absolute atomic E-state index is 14.0. The summed E-state index contributed by atoms with van der Waals surface area (Å²) in [7, 11) is 1.89. The van der Waals surface area contributed by atoms with Crippen molar-refractivity contribution < 1.29 is 48.0 Å². The van der Waals surface area contributed by atoms with Crippen molar-refractivity contribution in [1.29, 1.82) is 0 Å². The molecule has 2 fully saturated rings. The summed E-state index contributed by atoms with van der Waals surface area (Å²) < 4.78 is 30.7. The Hall–Kier alpha value is -2.62. The first kappa shape index (κ1) is 36.8. The number of likely N-dealkylation sites (N-methyl/N-ethyl adjacent to an activating group) is 1. The van der Waals surface area contributed by atoms with Gasteiger partial charge in [0.25, 0.3) is 0 Å². The van der Waals surface area contributed by atoms with Crippen LogP contribution in [0.25, 0.3) is 0 Å². The predicted octanol–water partition coefficient (Wildman–Crippen LogP) is 3.00. The molecule has 0 aromatic heterocycles. The van der Waals surface area contributed by atoms with Gasteiger partial charge < -0.3 is 28.8 Å². The highest BCUT2D eigenvalue weighted by Crippen LogP contribution is 2.42. The fourth-order valence-corrected chi connectivity index (χ4v) is 6.93. The number of nitrogens with zero attached hydrogens (tertiary/aromatic N) is 1. The number of ketones is 2. The van der Waals surface area contributed by atoms with Gasteiger partial charge in [0.15, 0.2) is 24.0 Å². The van der Waals surface area contributed by atoms with Crippen LogP contribution < -0.4 is 0 Å². The van der Waals surface area contributed by atoms with Crippen LogP contribution in [-0.2, 0) is 42.9 Å². The summed E-state index contributed by atoms with van der Waals surface area (Å²) in [5.41, 5.74) is -2.48. The second-order valence-corrected chi connectivity index (χ2v) is 13.4. The molecule has 0 saturated carbocycles. The second kappa shape index (κ2) is 14.9. The van der Waals surface area contributed by atoms with Crippen molar-refractivity contribution in [3.05, 3.63) is 11.6 Å². The lowest BCUT2D eigenvalue weighted by molar-refractivity contribution is -0.295. The molecule has 3 aliphatic heterocycles. The third kappa shape index (κ3) is 8.40. The fourth-order valence-electron chi connectivity index (χ4n) is 6.93. The molecule has 45 heavy (non-hydrogen) atoms. The lowest BCUT2D eigenvalue weighted by Gasteiger charge is -2.47. The quantitative estimate of drug-likeness (QED) is 0.252. The zero-order valence-corrected chi connectivity index (χ0v) is 28.2. The molecule has 1 N–H and O–H groups in total. The molecule has 0 unspecified atom stereocenters. The number of rotatable bonds is 7. The van der Waals surface area contributed by atoms with Gasteiger partial charge in [-0.05, 0) is 72.6 Å². The number of aliphatic hydroxyl groups is 1. The zero-order chi connectivity index (χ0) is 33.9. The van der Waals surface area contributed by atoms with Crippen molar-refractivity contribution in [3.63, 3.8) is 0 Å². The van der Waals surface area contributed by atoms with E-state index in [-0.39, 0.29) is 37.4 Å². The molecule has 0 radical (unpaired) electrons. The maximum Gasteiger partial charge on any atom is 0.316 e. The molecule has 11 heteroatoms. The maximum atomic E-state index is 14.0. The van der Waals surface area contributed by atoms with Gasteiger partial charge in [-0.2, -0.15) is 0 Å². The first-order valence-corrected chi connectivity index (χ1v) is 15.9. The molecule has 0 aromatic rings. The average molecular weight is 634 g/mol. The second-order valence-electron chi connectivity index (χ2n) is 13.4. The van der Waals surface area contributed by atoms with E-state index in [1.54, 1.807) is 27.7 Å². The zero-order valence-electron chi connectivity index (χ0n) is 28.2. The van der Waals surface area contributed by atoms with E-state index >= 15 is 0 Å². The van der Waals surface area contributed by atoms with Crippen molar-refractivity contribution >= 4 is 23.5 Å². The molecule has 0 aliphatic carbocycles. The number of terminal acetylenes is 1. The van der Waals surface area contributed by atoms with Crippen LogP contribution in [0.4, 0.5) is 0 Å². The van der Waals surface area contributed by atoms with Crippen LogP contribution in [0.2, 0.25) is 0 Å². The van der Waals surface area contributed by atoms with Crippen molar-refractivity contribution in [2.75, 3.05) is 20.2 Å². The molecule has 3 heterocycles. The van der Waals surface area contributed by atoms with E-state index in [1.807, 2.05) is 18.9 Å². The van der Waals surface area contributed by atoms with E-state index in [0.717, 1.165) is 0 Å². The van der Waals surface area contributed by atoms with Crippen LogP contribution >= 0.6 is 0 Å². The van der Waals surface area contributed by atoms with Gasteiger partial charge in [-0.15, -0.1) is 12.3 Å². The summed E-state index contributed by atoms with van der Waals surface area (Å²) in [5, 5.41) is 11.2. The van der Waals surface area contributed by atoms with Gasteiger partial charge in [0.2, 0.25) is 0 Å². The number of cyclic esters (lactones) is 1. The van der Waals surface area contributed by atoms with Crippen LogP contribution in [0, 0.1) is 30.1 Å². The number of hydrogen-bond donors (Lipinski definition) is 1. The Labute approximate surface area is 267 Å². The first-order valence-electron chi connectivity index (χ1n) is 15.9. The molecule has 3 rings (SSSR count). The van der Waals surface area contributed by atoms with Crippen molar-refractivity contribution in [3.8, 4) is 12.3 Å². The van der Waals surface area contributed by atoms with E-state index in [2.05, 4.69) is 5.92 Å². The summed E-state index contributed by atoms with van der Waals surface area (Å²) in [6.45, 7) is 13.6. The number of hydrogen-bond acceptors (Lipinski definition) is 11. The highest BCUT2D eigenvalue weighted by molar-refractivity contribution is 6.00. The Kier molecular flexibility index (Phi) is 12.2. The number of esters is 2. The molecule has 3 aliphatic rings. The first-order chi connectivity index (χ1) is 20.9. The Balaban J connectivity index is 2.07. The van der Waals surface area contributed by atoms with Gasteiger partial charge in [-0.25, -0.2) is 0 Å². The van der Waals surface area contributed by atoms with Crippen LogP contribution in [0.5, 0.6) is 0 Å². The van der Waals surface area contributed by atoms with Crippen LogP contribution in [-0.4, -0.2) is 102 Å². The molecule has 11 nitrogen and oxygen atoms in total. The van der Waals surface area contributed by atoms with Crippen molar-refractivity contribution in [1.82, 2.24) is 4.90 Å². The van der Waals surface area contributed by atoms with E-state index in [4.69, 9.17) is 30.1 Å². The number of Topliss-reactive ketones (excluding diaryl/α,β-unsaturated/α-hetero) is 2. The molecular weight excluding hydrogens is 582 g/mol. The average Bonchev–Trinajstić information content (AvgIpc) is 3.38. The van der Waals surface area contributed by atoms with Gasteiger partial charge in [0.05, 0.1) is 30.5 Å². The Morgan fingerprint density at radius 2 is 1.89 bits per heavy atom. The van der Waals surface area contributed by atoms with Crippen LogP contribution in [0.3, 0.4) is 0 Å². The smallest absolute Gasteiger partial charge is 0.316 e. The predicted molar refractivity (Wildman–Crippen MR) is 165 cm³/mol. The Morgan fingerprint density at radius 3 is 2.49 bits per heavy atom. The van der Waals surface area contributed by atoms with E-state index in [1.165, 1.54) is 26.8 Å². The SMILES string of the molecule is C#CCCN(C)[C@H]1C[C@@H](C)O[C@@H](O[C@@H]2[C@@H](C)C(=O)[C@@H](C)C(=O)O[C@H](CC)[C@@](C)(O)/C=C(\C)C(=O)[C@@H]3CO[C@]2(C)C3)[C@@H]1OC(C)=O.